The first-order valence-corrected chi connectivity index (χ1v) is 12.1. The number of nitrogens with one attached hydrogen (secondary N) is 2. The van der Waals surface area contributed by atoms with Gasteiger partial charge in [-0.05, 0) is 67.0 Å². The van der Waals surface area contributed by atoms with Gasteiger partial charge in [0.25, 0.3) is 0 Å². The van der Waals surface area contributed by atoms with Crippen molar-refractivity contribution in [1.29, 1.82) is 0 Å². The lowest BCUT2D eigenvalue weighted by Crippen LogP contribution is -2.33. The van der Waals surface area contributed by atoms with Gasteiger partial charge in [-0.25, -0.2) is 0 Å². The maximum absolute atomic E-state index is 12.8. The molecule has 6 heteroatoms. The average Bonchev–Trinajstić information content (AvgIpc) is 3.57. The molecule has 6 rings (SSSR count). The van der Waals surface area contributed by atoms with Gasteiger partial charge < -0.3 is 15.2 Å². The smallest absolute Gasteiger partial charge is 0.227 e. The largest absolute Gasteiger partial charge is 0.457 e. The van der Waals surface area contributed by atoms with E-state index < -0.39 is 0 Å². The number of nitrogens with zero attached hydrogens (tertiary/aromatic N) is 1. The second-order valence-electron chi connectivity index (χ2n) is 9.59. The van der Waals surface area contributed by atoms with E-state index in [4.69, 9.17) is 4.74 Å². The SMILES string of the molecule is O=C(Nc1cccc(Oc2ccc3c(/C=C/c4ccccc4)n[nH]c3c2)c1)C1CC2CC(O)C1C2. The lowest BCUT2D eigenvalue weighted by atomic mass is 9.86. The first-order chi connectivity index (χ1) is 17.1. The lowest BCUT2D eigenvalue weighted by molar-refractivity contribution is -0.122. The standard InChI is InChI=1S/C29H27N3O3/c33-28-15-19-13-24(28)25(14-19)29(34)30-20-7-4-8-21(16-20)35-22-10-11-23-26(31-32-27(23)17-22)12-9-18-5-2-1-3-6-18/h1-12,16-17,19,24-25,28,33H,13-15H2,(H,30,34)(H,31,32)/b12-9+. The molecule has 1 amide bonds. The highest BCUT2D eigenvalue weighted by Gasteiger charge is 2.48. The fraction of sp³-hybridized carbons (Fsp3) is 0.241. The maximum atomic E-state index is 12.8. The van der Waals surface area contributed by atoms with E-state index in [1.54, 1.807) is 0 Å². The zero-order chi connectivity index (χ0) is 23.8. The molecule has 3 aromatic carbocycles. The van der Waals surface area contributed by atoms with Crippen LogP contribution in [-0.4, -0.2) is 27.3 Å². The molecule has 4 unspecified atom stereocenters. The Hall–Kier alpha value is -3.90. The van der Waals surface area contributed by atoms with Crippen molar-refractivity contribution in [1.82, 2.24) is 10.2 Å². The molecule has 176 valence electrons. The summed E-state index contributed by atoms with van der Waals surface area (Å²) in [7, 11) is 0. The number of carbonyl (C=O) groups excluding carboxylic acids is 1. The van der Waals surface area contributed by atoms with Gasteiger partial charge in [0.15, 0.2) is 0 Å². The van der Waals surface area contributed by atoms with Crippen molar-refractivity contribution in [2.45, 2.75) is 25.4 Å². The molecule has 0 aliphatic heterocycles. The van der Waals surface area contributed by atoms with Crippen LogP contribution in [0.1, 0.15) is 30.5 Å². The van der Waals surface area contributed by atoms with Gasteiger partial charge in [0.05, 0.1) is 17.3 Å². The van der Waals surface area contributed by atoms with Gasteiger partial charge in [-0.15, -0.1) is 0 Å². The molecular formula is C29H27N3O3. The quantitative estimate of drug-likeness (QED) is 0.332. The van der Waals surface area contributed by atoms with Crippen LogP contribution in [0.3, 0.4) is 0 Å². The zero-order valence-electron chi connectivity index (χ0n) is 19.2. The number of anilines is 1. The molecule has 2 aliphatic rings. The summed E-state index contributed by atoms with van der Waals surface area (Å²) < 4.78 is 6.08. The molecule has 4 aromatic rings. The number of H-pyrrole nitrogens is 1. The number of amides is 1. The van der Waals surface area contributed by atoms with E-state index >= 15 is 0 Å². The van der Waals surface area contributed by atoms with Crippen LogP contribution in [0.2, 0.25) is 0 Å². The number of aliphatic hydroxyl groups is 1. The molecule has 2 aliphatic carbocycles. The monoisotopic (exact) mass is 465 g/mol. The molecule has 1 aromatic heterocycles. The molecule has 0 saturated heterocycles. The summed E-state index contributed by atoms with van der Waals surface area (Å²) in [5, 5.41) is 21.7. The van der Waals surface area contributed by atoms with Gasteiger partial charge in [-0.2, -0.15) is 5.10 Å². The molecule has 6 nitrogen and oxygen atoms in total. The fourth-order valence-electron chi connectivity index (χ4n) is 5.57. The van der Waals surface area contributed by atoms with Crippen molar-refractivity contribution in [3.05, 3.63) is 84.1 Å². The first-order valence-electron chi connectivity index (χ1n) is 12.1. The second-order valence-corrected chi connectivity index (χ2v) is 9.59. The van der Waals surface area contributed by atoms with Crippen molar-refractivity contribution in [2.24, 2.45) is 17.8 Å². The van der Waals surface area contributed by atoms with Crippen molar-refractivity contribution >= 4 is 34.6 Å². The molecular weight excluding hydrogens is 438 g/mol. The Kier molecular flexibility index (Phi) is 5.58. The Bertz CT molecular complexity index is 1390. The van der Waals surface area contributed by atoms with Crippen molar-refractivity contribution in [2.75, 3.05) is 5.32 Å². The van der Waals surface area contributed by atoms with E-state index in [9.17, 15) is 9.90 Å². The van der Waals surface area contributed by atoms with E-state index in [0.717, 1.165) is 41.4 Å². The minimum atomic E-state index is -0.342. The Balaban J connectivity index is 1.14. The number of ether oxygens (including phenoxy) is 1. The normalized spacial score (nSPS) is 23.2. The third-order valence-corrected chi connectivity index (χ3v) is 7.25. The van der Waals surface area contributed by atoms with Gasteiger partial charge in [-0.3, -0.25) is 9.89 Å². The number of aliphatic hydroxyl groups excluding tert-OH is 1. The molecule has 0 radical (unpaired) electrons. The van der Waals surface area contributed by atoms with Crippen LogP contribution in [0.4, 0.5) is 5.69 Å². The first kappa shape index (κ1) is 21.6. The summed E-state index contributed by atoms with van der Waals surface area (Å²) in [4.78, 5) is 12.8. The zero-order valence-corrected chi connectivity index (χ0v) is 19.2. The van der Waals surface area contributed by atoms with Gasteiger partial charge in [-0.1, -0.05) is 42.5 Å². The van der Waals surface area contributed by atoms with E-state index in [2.05, 4.69) is 27.6 Å². The molecule has 2 bridgehead atoms. The molecule has 3 N–H and O–H groups in total. The van der Waals surface area contributed by atoms with Crippen LogP contribution in [0.15, 0.2) is 72.8 Å². The summed E-state index contributed by atoms with van der Waals surface area (Å²) in [6.07, 6.45) is 6.36. The molecule has 2 fully saturated rings. The third-order valence-electron chi connectivity index (χ3n) is 7.25. The fourth-order valence-corrected chi connectivity index (χ4v) is 5.57. The summed E-state index contributed by atoms with van der Waals surface area (Å²) in [5.74, 6) is 1.77. The van der Waals surface area contributed by atoms with E-state index in [-0.39, 0.29) is 23.8 Å². The maximum Gasteiger partial charge on any atom is 0.227 e. The summed E-state index contributed by atoms with van der Waals surface area (Å²) in [6.45, 7) is 0. The predicted octanol–water partition coefficient (Wildman–Crippen LogP) is 5.87. The minimum Gasteiger partial charge on any atom is -0.457 e. The topological polar surface area (TPSA) is 87.2 Å². The van der Waals surface area contributed by atoms with Crippen LogP contribution in [0.5, 0.6) is 11.5 Å². The number of benzene rings is 3. The highest BCUT2D eigenvalue weighted by atomic mass is 16.5. The van der Waals surface area contributed by atoms with Gasteiger partial charge in [0, 0.05) is 29.1 Å². The highest BCUT2D eigenvalue weighted by Crippen LogP contribution is 2.48. The molecule has 0 spiro atoms. The highest BCUT2D eigenvalue weighted by molar-refractivity contribution is 5.93. The average molecular weight is 466 g/mol. The number of carbonyl (C=O) groups is 1. The summed E-state index contributed by atoms with van der Waals surface area (Å²) in [6, 6.07) is 23.4. The Morgan fingerprint density at radius 2 is 1.83 bits per heavy atom. The number of rotatable bonds is 6. The number of hydrogen-bond acceptors (Lipinski definition) is 4. The number of hydrogen-bond donors (Lipinski definition) is 3. The van der Waals surface area contributed by atoms with Crippen LogP contribution in [0.25, 0.3) is 23.1 Å². The molecule has 1 heterocycles. The lowest BCUT2D eigenvalue weighted by Gasteiger charge is -2.25. The summed E-state index contributed by atoms with van der Waals surface area (Å²) in [5.41, 5.74) is 3.56. The van der Waals surface area contributed by atoms with Crippen LogP contribution in [0, 0.1) is 17.8 Å². The minimum absolute atomic E-state index is 0.0108. The van der Waals surface area contributed by atoms with E-state index in [1.165, 1.54) is 0 Å². The van der Waals surface area contributed by atoms with Gasteiger partial charge in [0.2, 0.25) is 5.91 Å². The number of fused-ring (bicyclic) bond motifs is 3. The van der Waals surface area contributed by atoms with Gasteiger partial charge in [0.1, 0.15) is 11.5 Å². The predicted molar refractivity (Wildman–Crippen MR) is 137 cm³/mol. The van der Waals surface area contributed by atoms with Crippen LogP contribution >= 0.6 is 0 Å². The van der Waals surface area contributed by atoms with Crippen LogP contribution in [-0.2, 0) is 4.79 Å². The molecule has 2 saturated carbocycles. The summed E-state index contributed by atoms with van der Waals surface area (Å²) >= 11 is 0. The molecule has 35 heavy (non-hydrogen) atoms. The van der Waals surface area contributed by atoms with E-state index in [1.807, 2.05) is 72.8 Å². The van der Waals surface area contributed by atoms with Crippen LogP contribution < -0.4 is 10.1 Å². The van der Waals surface area contributed by atoms with Crippen molar-refractivity contribution in [3.8, 4) is 11.5 Å². The Labute approximate surface area is 203 Å². The Morgan fingerprint density at radius 1 is 0.971 bits per heavy atom. The Morgan fingerprint density at radius 3 is 2.66 bits per heavy atom. The third kappa shape index (κ3) is 4.45. The second kappa shape index (κ2) is 9.04. The number of aromatic amines is 1. The van der Waals surface area contributed by atoms with Gasteiger partial charge >= 0.3 is 0 Å². The van der Waals surface area contributed by atoms with E-state index in [0.29, 0.717) is 23.1 Å². The van der Waals surface area contributed by atoms with Crippen molar-refractivity contribution in [3.63, 3.8) is 0 Å². The van der Waals surface area contributed by atoms with Crippen molar-refractivity contribution < 1.29 is 14.6 Å². The number of aromatic nitrogens is 2. The molecule has 4 atom stereocenters.